The van der Waals surface area contributed by atoms with Crippen molar-refractivity contribution in [3.8, 4) is 0 Å². The van der Waals surface area contributed by atoms with Gasteiger partial charge in [-0.3, -0.25) is 4.79 Å². The molecule has 0 radical (unpaired) electrons. The number of benzene rings is 2. The van der Waals surface area contributed by atoms with E-state index in [2.05, 4.69) is 5.32 Å². The van der Waals surface area contributed by atoms with Crippen LogP contribution >= 0.6 is 0 Å². The minimum absolute atomic E-state index is 0.0209. The highest BCUT2D eigenvalue weighted by atomic mass is 32.2. The third-order valence-corrected chi connectivity index (χ3v) is 9.33. The van der Waals surface area contributed by atoms with E-state index in [4.69, 9.17) is 14.2 Å². The third-order valence-electron chi connectivity index (χ3n) is 7.48. The second kappa shape index (κ2) is 14.0. The second-order valence-electron chi connectivity index (χ2n) is 11.2. The summed E-state index contributed by atoms with van der Waals surface area (Å²) in [6.07, 6.45) is -0.659. The van der Waals surface area contributed by atoms with Crippen molar-refractivity contribution in [2.75, 3.05) is 33.4 Å². The topological polar surface area (TPSA) is 114 Å². The molecule has 0 aliphatic carbocycles. The maximum atomic E-state index is 13.7. The van der Waals surface area contributed by atoms with Crippen LogP contribution in [0.4, 0.5) is 0 Å². The number of rotatable bonds is 14. The molecular weight excluding hydrogens is 532 g/mol. The SMILES string of the molecule is CNCc1ccc(S(=O)(=O)N(CC(C)C)C[C@@H](O)[C@@H](CC(=O)OC2CO[C@H]3OCCC23)Cc2ccccc2)cc1. The first-order chi connectivity index (χ1) is 19.2. The minimum atomic E-state index is -3.88. The van der Waals surface area contributed by atoms with E-state index in [1.165, 1.54) is 4.31 Å². The van der Waals surface area contributed by atoms with Crippen molar-refractivity contribution in [1.82, 2.24) is 9.62 Å². The highest BCUT2D eigenvalue weighted by molar-refractivity contribution is 7.89. The molecule has 2 aromatic rings. The number of fused-ring (bicyclic) bond motifs is 1. The van der Waals surface area contributed by atoms with Crippen LogP contribution in [0.2, 0.25) is 0 Å². The zero-order chi connectivity index (χ0) is 28.7. The van der Waals surface area contributed by atoms with Gasteiger partial charge in [0.05, 0.1) is 36.6 Å². The van der Waals surface area contributed by atoms with Crippen LogP contribution in [0.3, 0.4) is 0 Å². The number of ether oxygens (including phenoxy) is 3. The van der Waals surface area contributed by atoms with Crippen LogP contribution < -0.4 is 5.32 Å². The van der Waals surface area contributed by atoms with Crippen LogP contribution in [-0.4, -0.2) is 75.6 Å². The van der Waals surface area contributed by atoms with Gasteiger partial charge in [-0.05, 0) is 49.1 Å². The van der Waals surface area contributed by atoms with Crippen LogP contribution in [0.5, 0.6) is 0 Å². The lowest BCUT2D eigenvalue weighted by atomic mass is 9.90. The Bertz CT molecular complexity index is 1190. The highest BCUT2D eigenvalue weighted by Crippen LogP contribution is 2.33. The van der Waals surface area contributed by atoms with E-state index < -0.39 is 28.0 Å². The van der Waals surface area contributed by atoms with Gasteiger partial charge >= 0.3 is 5.97 Å². The lowest BCUT2D eigenvalue weighted by molar-refractivity contribution is -0.153. The fourth-order valence-electron chi connectivity index (χ4n) is 5.41. The molecule has 10 heteroatoms. The monoisotopic (exact) mass is 574 g/mol. The summed E-state index contributed by atoms with van der Waals surface area (Å²) in [7, 11) is -2.05. The normalized spacial score (nSPS) is 22.4. The Hall–Kier alpha value is -2.34. The molecule has 5 atom stereocenters. The molecule has 0 saturated carbocycles. The molecule has 2 heterocycles. The summed E-state index contributed by atoms with van der Waals surface area (Å²) < 4.78 is 45.6. The molecule has 40 heavy (non-hydrogen) atoms. The van der Waals surface area contributed by atoms with E-state index in [0.29, 0.717) is 26.2 Å². The zero-order valence-electron chi connectivity index (χ0n) is 23.6. The molecule has 2 unspecified atom stereocenters. The van der Waals surface area contributed by atoms with E-state index >= 15 is 0 Å². The average Bonchev–Trinajstić information content (AvgIpc) is 3.54. The number of carbonyl (C=O) groups excluding carboxylic acids is 1. The summed E-state index contributed by atoms with van der Waals surface area (Å²) in [5.41, 5.74) is 1.92. The number of hydrogen-bond donors (Lipinski definition) is 2. The van der Waals surface area contributed by atoms with Gasteiger partial charge in [0.2, 0.25) is 10.0 Å². The van der Waals surface area contributed by atoms with E-state index in [1.54, 1.807) is 24.3 Å². The Kier molecular flexibility index (Phi) is 10.7. The van der Waals surface area contributed by atoms with Gasteiger partial charge in [0.1, 0.15) is 6.10 Å². The van der Waals surface area contributed by atoms with Gasteiger partial charge in [0, 0.05) is 25.6 Å². The Morgan fingerprint density at radius 2 is 1.80 bits per heavy atom. The van der Waals surface area contributed by atoms with Crippen molar-refractivity contribution in [3.05, 3.63) is 65.7 Å². The molecule has 9 nitrogen and oxygen atoms in total. The lowest BCUT2D eigenvalue weighted by Crippen LogP contribution is -2.43. The van der Waals surface area contributed by atoms with Gasteiger partial charge in [-0.15, -0.1) is 0 Å². The molecule has 220 valence electrons. The summed E-state index contributed by atoms with van der Waals surface area (Å²) in [4.78, 5) is 13.3. The Balaban J connectivity index is 1.50. The van der Waals surface area contributed by atoms with Crippen molar-refractivity contribution >= 4 is 16.0 Å². The van der Waals surface area contributed by atoms with E-state index in [-0.39, 0.29) is 48.6 Å². The van der Waals surface area contributed by atoms with Crippen molar-refractivity contribution in [2.45, 2.75) is 63.0 Å². The van der Waals surface area contributed by atoms with Crippen molar-refractivity contribution in [2.24, 2.45) is 17.8 Å². The summed E-state index contributed by atoms with van der Waals surface area (Å²) in [5.74, 6) is -0.921. The van der Waals surface area contributed by atoms with Gasteiger partial charge in [-0.2, -0.15) is 4.31 Å². The number of sulfonamides is 1. The lowest BCUT2D eigenvalue weighted by Gasteiger charge is -2.30. The van der Waals surface area contributed by atoms with Crippen molar-refractivity contribution in [1.29, 1.82) is 0 Å². The standard InChI is InChI=1S/C30H42N2O7S/c1-21(2)18-32(40(35,36)25-11-9-23(10-12-25)17-31-3)19-27(33)24(15-22-7-5-4-6-8-22)16-29(34)39-28-20-38-30-26(28)13-14-37-30/h4-12,21,24,26-28,30-31,33H,13-20H2,1-3H3/t24-,26?,27-,28?,30-/m1/s1. The number of hydrogen-bond acceptors (Lipinski definition) is 8. The van der Waals surface area contributed by atoms with Crippen molar-refractivity contribution < 1.29 is 32.5 Å². The summed E-state index contributed by atoms with van der Waals surface area (Å²) in [6, 6.07) is 16.4. The fourth-order valence-corrected chi connectivity index (χ4v) is 7.03. The number of aliphatic hydroxyl groups excluding tert-OH is 1. The molecule has 2 fully saturated rings. The van der Waals surface area contributed by atoms with E-state index in [0.717, 1.165) is 17.5 Å². The number of nitrogens with one attached hydrogen (secondary N) is 1. The third kappa shape index (κ3) is 7.90. The number of carbonyl (C=O) groups is 1. The molecule has 0 aromatic heterocycles. The predicted octanol–water partition coefficient (Wildman–Crippen LogP) is 2.97. The largest absolute Gasteiger partial charge is 0.459 e. The number of nitrogens with zero attached hydrogens (tertiary/aromatic N) is 1. The van der Waals surface area contributed by atoms with Crippen LogP contribution in [0.1, 0.15) is 37.8 Å². The summed E-state index contributed by atoms with van der Waals surface area (Å²) in [5, 5.41) is 14.5. The highest BCUT2D eigenvalue weighted by Gasteiger charge is 2.44. The van der Waals surface area contributed by atoms with Crippen LogP contribution in [-0.2, 0) is 42.0 Å². The number of esters is 1. The van der Waals surface area contributed by atoms with E-state index in [9.17, 15) is 18.3 Å². The molecule has 0 spiro atoms. The zero-order valence-corrected chi connectivity index (χ0v) is 24.4. The average molecular weight is 575 g/mol. The van der Waals surface area contributed by atoms with Gasteiger partial charge < -0.3 is 24.6 Å². The number of aliphatic hydroxyl groups is 1. The first kappa shape index (κ1) is 30.6. The van der Waals surface area contributed by atoms with Gasteiger partial charge in [-0.1, -0.05) is 56.3 Å². The molecule has 2 aliphatic heterocycles. The predicted molar refractivity (Wildman–Crippen MR) is 151 cm³/mol. The molecule has 2 N–H and O–H groups in total. The maximum absolute atomic E-state index is 13.7. The van der Waals surface area contributed by atoms with Crippen molar-refractivity contribution in [3.63, 3.8) is 0 Å². The van der Waals surface area contributed by atoms with Gasteiger partial charge in [0.25, 0.3) is 0 Å². The Labute approximate surface area is 237 Å². The Morgan fingerprint density at radius 3 is 2.48 bits per heavy atom. The minimum Gasteiger partial charge on any atom is -0.459 e. The quantitative estimate of drug-likeness (QED) is 0.331. The second-order valence-corrected chi connectivity index (χ2v) is 13.1. The van der Waals surface area contributed by atoms with Crippen LogP contribution in [0.15, 0.2) is 59.5 Å². The first-order valence-electron chi connectivity index (χ1n) is 14.1. The van der Waals surface area contributed by atoms with Crippen LogP contribution in [0, 0.1) is 17.8 Å². The van der Waals surface area contributed by atoms with Gasteiger partial charge in [0.15, 0.2) is 6.29 Å². The first-order valence-corrected chi connectivity index (χ1v) is 15.5. The van der Waals surface area contributed by atoms with E-state index in [1.807, 2.05) is 51.2 Å². The van der Waals surface area contributed by atoms with Gasteiger partial charge in [-0.25, -0.2) is 8.42 Å². The molecule has 2 aromatic carbocycles. The smallest absolute Gasteiger partial charge is 0.306 e. The Morgan fingerprint density at radius 1 is 1.07 bits per heavy atom. The maximum Gasteiger partial charge on any atom is 0.306 e. The fraction of sp³-hybridized carbons (Fsp3) is 0.567. The molecule has 0 amide bonds. The molecule has 2 aliphatic rings. The summed E-state index contributed by atoms with van der Waals surface area (Å²) >= 11 is 0. The molecule has 2 saturated heterocycles. The molecular formula is C30H42N2O7S. The molecule has 0 bridgehead atoms. The summed E-state index contributed by atoms with van der Waals surface area (Å²) in [6.45, 7) is 5.49. The molecule has 4 rings (SSSR count). The van der Waals surface area contributed by atoms with Crippen LogP contribution in [0.25, 0.3) is 0 Å².